The number of fused-ring (bicyclic) bond motifs is 1. The summed E-state index contributed by atoms with van der Waals surface area (Å²) in [6, 6.07) is 5.89. The number of rotatable bonds is 5. The maximum atomic E-state index is 12.2. The fourth-order valence-electron chi connectivity index (χ4n) is 3.84. The number of carbonyl (C=O) groups excluding carboxylic acids is 1. The van der Waals surface area contributed by atoms with Crippen molar-refractivity contribution in [1.82, 2.24) is 9.88 Å². The van der Waals surface area contributed by atoms with Crippen molar-refractivity contribution >= 4 is 23.5 Å². The lowest BCUT2D eigenvalue weighted by molar-refractivity contribution is -0.114. The Balaban J connectivity index is 1.15. The minimum atomic E-state index is -0.0910. The third-order valence-corrected chi connectivity index (χ3v) is 5.48. The molecule has 140 valence electrons. The predicted molar refractivity (Wildman–Crippen MR) is 106 cm³/mol. The number of nitrogens with one attached hydrogen (secondary N) is 1. The minimum absolute atomic E-state index is 0.0781. The molecule has 1 unspecified atom stereocenters. The summed E-state index contributed by atoms with van der Waals surface area (Å²) in [5, 5.41) is 12.2. The number of nitrogens with zero attached hydrogens (tertiary/aromatic N) is 5. The lowest BCUT2D eigenvalue weighted by Gasteiger charge is -2.40. The van der Waals surface area contributed by atoms with E-state index in [2.05, 4.69) is 25.2 Å². The summed E-state index contributed by atoms with van der Waals surface area (Å²) in [5.74, 6) is 0.334. The first kappa shape index (κ1) is 17.0. The van der Waals surface area contributed by atoms with Crippen LogP contribution in [0.4, 0.5) is 5.69 Å². The normalized spacial score (nSPS) is 24.5. The zero-order valence-corrected chi connectivity index (χ0v) is 15.4. The maximum absolute atomic E-state index is 12.2. The quantitative estimate of drug-likeness (QED) is 0.850. The van der Waals surface area contributed by atoms with Gasteiger partial charge in [0.1, 0.15) is 17.8 Å². The Hall–Kier alpha value is -3.11. The van der Waals surface area contributed by atoms with Gasteiger partial charge in [-0.15, -0.1) is 0 Å². The van der Waals surface area contributed by atoms with Crippen LogP contribution in [0, 0.1) is 17.2 Å². The van der Waals surface area contributed by atoms with Crippen molar-refractivity contribution in [1.29, 1.82) is 5.26 Å². The van der Waals surface area contributed by atoms with Gasteiger partial charge in [0.15, 0.2) is 0 Å². The van der Waals surface area contributed by atoms with Crippen LogP contribution in [0.1, 0.15) is 18.5 Å². The third kappa shape index (κ3) is 3.39. The van der Waals surface area contributed by atoms with E-state index in [0.717, 1.165) is 55.0 Å². The average molecular weight is 372 g/mol. The molecule has 28 heavy (non-hydrogen) atoms. The smallest absolute Gasteiger partial charge is 0.273 e. The highest BCUT2D eigenvalue weighted by Gasteiger charge is 2.35. The Morgan fingerprint density at radius 1 is 1.29 bits per heavy atom. The Morgan fingerprint density at radius 2 is 2.14 bits per heavy atom. The maximum Gasteiger partial charge on any atom is 0.273 e. The van der Waals surface area contributed by atoms with Crippen LogP contribution in [0.5, 0.6) is 0 Å². The molecule has 1 saturated heterocycles. The Bertz CT molecular complexity index is 971. The largest absolute Gasteiger partial charge is 0.378 e. The number of dihydropyridines is 2. The van der Waals surface area contributed by atoms with Crippen molar-refractivity contribution in [2.45, 2.75) is 24.9 Å². The van der Waals surface area contributed by atoms with E-state index in [4.69, 9.17) is 5.26 Å². The summed E-state index contributed by atoms with van der Waals surface area (Å²) >= 11 is 0. The van der Waals surface area contributed by atoms with Gasteiger partial charge in [0.25, 0.3) is 5.91 Å². The van der Waals surface area contributed by atoms with Crippen LogP contribution in [0.2, 0.25) is 0 Å². The number of carbonyl (C=O) groups is 1. The zero-order valence-electron chi connectivity index (χ0n) is 15.4. The van der Waals surface area contributed by atoms with Gasteiger partial charge in [-0.2, -0.15) is 5.26 Å². The standard InChI is InChI=1S/C21H20N6O/c22-7-15-3-4-16(9-23-15)25-17-11-27(12-17)10-13-5-20-19(24-8-13)6-18(14-1-2-14)21(28)26-20/h3-6,8-9,14,17,19,25H,1-2,10-12H2. The van der Waals surface area contributed by atoms with E-state index in [0.29, 0.717) is 17.7 Å². The topological polar surface area (TPSA) is 93.7 Å². The summed E-state index contributed by atoms with van der Waals surface area (Å²) in [6.07, 6.45) is 9.83. The Morgan fingerprint density at radius 3 is 2.86 bits per heavy atom. The van der Waals surface area contributed by atoms with Crippen LogP contribution in [0.25, 0.3) is 0 Å². The Labute approximate surface area is 163 Å². The van der Waals surface area contributed by atoms with Gasteiger partial charge in [0, 0.05) is 31.4 Å². The van der Waals surface area contributed by atoms with Gasteiger partial charge in [-0.1, -0.05) is 0 Å². The molecule has 0 bridgehead atoms. The highest BCUT2D eigenvalue weighted by atomic mass is 16.1. The third-order valence-electron chi connectivity index (χ3n) is 5.48. The second-order valence-corrected chi connectivity index (χ2v) is 7.76. The summed E-state index contributed by atoms with van der Waals surface area (Å²) in [7, 11) is 0. The van der Waals surface area contributed by atoms with Crippen molar-refractivity contribution in [3.63, 3.8) is 0 Å². The molecule has 2 fully saturated rings. The number of nitriles is 1. The van der Waals surface area contributed by atoms with Crippen molar-refractivity contribution in [3.05, 3.63) is 47.3 Å². The highest BCUT2D eigenvalue weighted by Crippen LogP contribution is 2.38. The summed E-state index contributed by atoms with van der Waals surface area (Å²) in [4.78, 5) is 27.5. The summed E-state index contributed by atoms with van der Waals surface area (Å²) in [5.41, 5.74) is 4.07. The van der Waals surface area contributed by atoms with Crippen LogP contribution < -0.4 is 5.32 Å². The number of amides is 1. The fourth-order valence-corrected chi connectivity index (χ4v) is 3.84. The molecule has 7 heteroatoms. The molecule has 1 saturated carbocycles. The minimum Gasteiger partial charge on any atom is -0.378 e. The van der Waals surface area contributed by atoms with E-state index in [1.165, 1.54) is 0 Å². The first-order chi connectivity index (χ1) is 13.7. The number of hydrogen-bond donors (Lipinski definition) is 1. The SMILES string of the molecule is N#Cc1ccc(NC2CN(CC3=CC4=NC(=O)C(C5CC5)=CC4N=C3)C2)cn1. The van der Waals surface area contributed by atoms with Crippen LogP contribution in [0.3, 0.4) is 0 Å². The van der Waals surface area contributed by atoms with Gasteiger partial charge in [-0.25, -0.2) is 9.98 Å². The van der Waals surface area contributed by atoms with Gasteiger partial charge in [0.2, 0.25) is 0 Å². The van der Waals surface area contributed by atoms with E-state index in [1.54, 1.807) is 12.3 Å². The molecule has 4 aliphatic rings. The van der Waals surface area contributed by atoms with E-state index >= 15 is 0 Å². The van der Waals surface area contributed by atoms with Crippen molar-refractivity contribution in [2.75, 3.05) is 25.0 Å². The summed E-state index contributed by atoms with van der Waals surface area (Å²) < 4.78 is 0. The van der Waals surface area contributed by atoms with E-state index in [1.807, 2.05) is 30.5 Å². The number of hydrogen-bond acceptors (Lipinski definition) is 6. The monoisotopic (exact) mass is 372 g/mol. The van der Waals surface area contributed by atoms with E-state index in [9.17, 15) is 4.79 Å². The Kier molecular flexibility index (Phi) is 4.14. The molecule has 1 aromatic rings. The molecule has 7 nitrogen and oxygen atoms in total. The summed E-state index contributed by atoms with van der Waals surface area (Å²) in [6.45, 7) is 2.64. The lowest BCUT2D eigenvalue weighted by atomic mass is 9.96. The number of anilines is 1. The highest BCUT2D eigenvalue weighted by molar-refractivity contribution is 6.17. The number of likely N-dealkylation sites (tertiary alicyclic amines) is 1. The number of aliphatic imine (C=N–C) groups is 2. The van der Waals surface area contributed by atoms with Crippen LogP contribution >= 0.6 is 0 Å². The molecule has 4 heterocycles. The molecule has 1 aliphatic carbocycles. The van der Waals surface area contributed by atoms with Crippen molar-refractivity contribution in [3.8, 4) is 6.07 Å². The molecule has 1 amide bonds. The molecule has 0 aromatic carbocycles. The lowest BCUT2D eigenvalue weighted by Crippen LogP contribution is -2.55. The van der Waals surface area contributed by atoms with E-state index < -0.39 is 0 Å². The van der Waals surface area contributed by atoms with Crippen LogP contribution in [0.15, 0.2) is 51.6 Å². The molecule has 1 aromatic heterocycles. The van der Waals surface area contributed by atoms with Gasteiger partial charge in [-0.05, 0) is 48.6 Å². The second kappa shape index (κ2) is 6.80. The molecule has 3 aliphatic heterocycles. The molecular weight excluding hydrogens is 352 g/mol. The molecule has 0 radical (unpaired) electrons. The van der Waals surface area contributed by atoms with Crippen LogP contribution in [-0.2, 0) is 4.79 Å². The molecule has 1 atom stereocenters. The first-order valence-corrected chi connectivity index (χ1v) is 9.61. The van der Waals surface area contributed by atoms with Crippen molar-refractivity contribution < 1.29 is 4.79 Å². The van der Waals surface area contributed by atoms with Gasteiger partial charge >= 0.3 is 0 Å². The van der Waals surface area contributed by atoms with E-state index in [-0.39, 0.29) is 11.9 Å². The second-order valence-electron chi connectivity index (χ2n) is 7.76. The van der Waals surface area contributed by atoms with Gasteiger partial charge < -0.3 is 5.32 Å². The molecule has 1 N–H and O–H groups in total. The van der Waals surface area contributed by atoms with Crippen LogP contribution in [-0.4, -0.2) is 59.4 Å². The average Bonchev–Trinajstić information content (AvgIpc) is 3.51. The van der Waals surface area contributed by atoms with Gasteiger partial charge in [-0.3, -0.25) is 14.7 Å². The molecule has 5 rings (SSSR count). The number of aromatic nitrogens is 1. The fraction of sp³-hybridized carbons (Fsp3) is 0.381. The first-order valence-electron chi connectivity index (χ1n) is 9.61. The predicted octanol–water partition coefficient (Wildman–Crippen LogP) is 1.75. The number of pyridine rings is 1. The van der Waals surface area contributed by atoms with Crippen molar-refractivity contribution in [2.24, 2.45) is 15.9 Å². The zero-order chi connectivity index (χ0) is 19.1. The molecule has 0 spiro atoms. The van der Waals surface area contributed by atoms with Gasteiger partial charge in [0.05, 0.1) is 23.6 Å². The molecular formula is C21H20N6O.